The minimum atomic E-state index is -0.421. The van der Waals surface area contributed by atoms with Crippen LogP contribution in [0, 0.1) is 0 Å². The van der Waals surface area contributed by atoms with Crippen LogP contribution in [0.3, 0.4) is 0 Å². The Kier molecular flexibility index (Phi) is 5.31. The largest absolute Gasteiger partial charge is 0.465 e. The van der Waals surface area contributed by atoms with Crippen molar-refractivity contribution in [1.29, 1.82) is 0 Å². The molecule has 2 aromatic rings. The van der Waals surface area contributed by atoms with Crippen molar-refractivity contribution in [1.82, 2.24) is 0 Å². The van der Waals surface area contributed by atoms with Gasteiger partial charge in [-0.2, -0.15) is 0 Å². The Labute approximate surface area is 129 Å². The van der Waals surface area contributed by atoms with Crippen LogP contribution >= 0.6 is 0 Å². The van der Waals surface area contributed by atoms with Crippen molar-refractivity contribution in [2.75, 3.05) is 7.11 Å². The molecule has 4 nitrogen and oxygen atoms in total. The maximum absolute atomic E-state index is 12.0. The van der Waals surface area contributed by atoms with E-state index in [9.17, 15) is 9.59 Å². The van der Waals surface area contributed by atoms with Crippen LogP contribution in [-0.2, 0) is 9.53 Å². The Hall–Kier alpha value is -2.62. The topological polar surface area (TPSA) is 52.6 Å². The number of carbonyl (C=O) groups excluding carboxylic acids is 2. The molecule has 22 heavy (non-hydrogen) atoms. The van der Waals surface area contributed by atoms with Crippen LogP contribution in [0.4, 0.5) is 0 Å². The number of esters is 2. The number of carbonyl (C=O) groups is 2. The van der Waals surface area contributed by atoms with Gasteiger partial charge in [0.1, 0.15) is 5.75 Å². The minimum absolute atomic E-state index is 0.0862. The highest BCUT2D eigenvalue weighted by Crippen LogP contribution is 2.20. The van der Waals surface area contributed by atoms with Crippen LogP contribution in [0.15, 0.2) is 54.6 Å². The molecular formula is C18H18O4. The van der Waals surface area contributed by atoms with Crippen LogP contribution in [-0.4, -0.2) is 19.0 Å². The Morgan fingerprint density at radius 2 is 1.64 bits per heavy atom. The molecule has 0 aliphatic carbocycles. The fourth-order valence-corrected chi connectivity index (χ4v) is 2.10. The lowest BCUT2D eigenvalue weighted by Crippen LogP contribution is -2.11. The van der Waals surface area contributed by atoms with Gasteiger partial charge in [-0.15, -0.1) is 0 Å². The van der Waals surface area contributed by atoms with Crippen molar-refractivity contribution in [2.24, 2.45) is 0 Å². The second-order valence-corrected chi connectivity index (χ2v) is 5.01. The zero-order chi connectivity index (χ0) is 15.9. The van der Waals surface area contributed by atoms with E-state index in [0.29, 0.717) is 17.7 Å². The molecule has 0 bridgehead atoms. The summed E-state index contributed by atoms with van der Waals surface area (Å²) < 4.78 is 9.90. The van der Waals surface area contributed by atoms with E-state index in [1.807, 2.05) is 37.3 Å². The first kappa shape index (κ1) is 15.8. The second-order valence-electron chi connectivity index (χ2n) is 5.01. The molecule has 4 heteroatoms. The summed E-state index contributed by atoms with van der Waals surface area (Å²) in [5, 5.41) is 0. The van der Waals surface area contributed by atoms with Crippen molar-refractivity contribution >= 4 is 11.9 Å². The van der Waals surface area contributed by atoms with E-state index in [1.165, 1.54) is 7.11 Å². The first-order valence-corrected chi connectivity index (χ1v) is 7.04. The third-order valence-corrected chi connectivity index (χ3v) is 3.35. The van der Waals surface area contributed by atoms with Crippen LogP contribution < -0.4 is 4.74 Å². The molecule has 1 atom stereocenters. The summed E-state index contributed by atoms with van der Waals surface area (Å²) in [6.45, 7) is 1.98. The summed E-state index contributed by atoms with van der Waals surface area (Å²) in [6.07, 6.45) is 0.294. The summed E-state index contributed by atoms with van der Waals surface area (Å²) in [5.41, 5.74) is 1.51. The molecule has 0 amide bonds. The van der Waals surface area contributed by atoms with E-state index in [2.05, 4.69) is 4.74 Å². The number of hydrogen-bond acceptors (Lipinski definition) is 4. The molecule has 114 valence electrons. The number of rotatable bonds is 5. The van der Waals surface area contributed by atoms with Gasteiger partial charge in [0.2, 0.25) is 0 Å². The predicted octanol–water partition coefficient (Wildman–Crippen LogP) is 3.57. The Morgan fingerprint density at radius 3 is 2.23 bits per heavy atom. The van der Waals surface area contributed by atoms with Gasteiger partial charge in [-0.3, -0.25) is 4.79 Å². The van der Waals surface area contributed by atoms with Gasteiger partial charge in [-0.1, -0.05) is 37.3 Å². The van der Waals surface area contributed by atoms with Crippen molar-refractivity contribution in [3.8, 4) is 5.75 Å². The highest BCUT2D eigenvalue weighted by Gasteiger charge is 2.13. The van der Waals surface area contributed by atoms with Gasteiger partial charge < -0.3 is 9.47 Å². The van der Waals surface area contributed by atoms with E-state index < -0.39 is 5.97 Å². The minimum Gasteiger partial charge on any atom is -0.465 e. The quantitative estimate of drug-likeness (QED) is 0.625. The fourth-order valence-electron chi connectivity index (χ4n) is 2.10. The average molecular weight is 298 g/mol. The smallest absolute Gasteiger partial charge is 0.337 e. The summed E-state index contributed by atoms with van der Waals surface area (Å²) in [7, 11) is 1.32. The zero-order valence-corrected chi connectivity index (χ0v) is 12.6. The average Bonchev–Trinajstić information content (AvgIpc) is 2.55. The highest BCUT2D eigenvalue weighted by molar-refractivity contribution is 5.89. The summed E-state index contributed by atoms with van der Waals surface area (Å²) in [5.74, 6) is -0.223. The maximum atomic E-state index is 12.0. The standard InChI is InChI=1S/C18H18O4/c1-13(14-6-4-3-5-7-14)12-17(19)22-16-10-8-15(9-11-16)18(20)21-2/h3-11,13H,12H2,1-2H3. The van der Waals surface area contributed by atoms with Gasteiger partial charge in [0, 0.05) is 0 Å². The normalized spacial score (nSPS) is 11.5. The summed E-state index contributed by atoms with van der Waals surface area (Å²) >= 11 is 0. The number of hydrogen-bond donors (Lipinski definition) is 0. The van der Waals surface area contributed by atoms with Gasteiger partial charge in [-0.25, -0.2) is 4.79 Å². The monoisotopic (exact) mass is 298 g/mol. The molecule has 0 aromatic heterocycles. The highest BCUT2D eigenvalue weighted by atomic mass is 16.5. The van der Waals surface area contributed by atoms with E-state index in [1.54, 1.807) is 24.3 Å². The van der Waals surface area contributed by atoms with Crippen LogP contribution in [0.2, 0.25) is 0 Å². The zero-order valence-electron chi connectivity index (χ0n) is 12.6. The molecule has 0 saturated carbocycles. The van der Waals surface area contributed by atoms with Crippen molar-refractivity contribution in [2.45, 2.75) is 19.3 Å². The predicted molar refractivity (Wildman–Crippen MR) is 82.9 cm³/mol. The summed E-state index contributed by atoms with van der Waals surface area (Å²) in [4.78, 5) is 23.3. The lowest BCUT2D eigenvalue weighted by atomic mass is 9.98. The van der Waals surface area contributed by atoms with Crippen molar-refractivity contribution < 1.29 is 19.1 Å². The molecule has 2 rings (SSSR count). The Balaban J connectivity index is 1.93. The van der Waals surface area contributed by atoms with Crippen LogP contribution in [0.25, 0.3) is 0 Å². The lowest BCUT2D eigenvalue weighted by molar-refractivity contribution is -0.134. The molecule has 0 fully saturated rings. The molecule has 0 saturated heterocycles. The first-order valence-electron chi connectivity index (χ1n) is 7.04. The molecule has 1 unspecified atom stereocenters. The third kappa shape index (κ3) is 4.19. The lowest BCUT2D eigenvalue weighted by Gasteiger charge is -2.11. The van der Waals surface area contributed by atoms with Crippen LogP contribution in [0.1, 0.15) is 35.2 Å². The molecule has 0 aliphatic rings. The van der Waals surface area contributed by atoms with E-state index >= 15 is 0 Å². The molecule has 0 N–H and O–H groups in total. The van der Waals surface area contributed by atoms with Crippen molar-refractivity contribution in [3.63, 3.8) is 0 Å². The van der Waals surface area contributed by atoms with Crippen LogP contribution in [0.5, 0.6) is 5.75 Å². The number of benzene rings is 2. The van der Waals surface area contributed by atoms with E-state index in [-0.39, 0.29) is 11.9 Å². The van der Waals surface area contributed by atoms with E-state index in [4.69, 9.17) is 4.74 Å². The number of methoxy groups -OCH3 is 1. The number of ether oxygens (including phenoxy) is 2. The Bertz CT molecular complexity index is 632. The van der Waals surface area contributed by atoms with Gasteiger partial charge in [0.05, 0.1) is 19.1 Å². The maximum Gasteiger partial charge on any atom is 0.337 e. The Morgan fingerprint density at radius 1 is 1.00 bits per heavy atom. The molecule has 0 spiro atoms. The van der Waals surface area contributed by atoms with Gasteiger partial charge in [-0.05, 0) is 35.7 Å². The second kappa shape index (κ2) is 7.41. The SMILES string of the molecule is COC(=O)c1ccc(OC(=O)CC(C)c2ccccc2)cc1. The van der Waals surface area contributed by atoms with Gasteiger partial charge in [0.25, 0.3) is 0 Å². The molecule has 0 aliphatic heterocycles. The van der Waals surface area contributed by atoms with Gasteiger partial charge >= 0.3 is 11.9 Å². The van der Waals surface area contributed by atoms with Crippen molar-refractivity contribution in [3.05, 3.63) is 65.7 Å². The fraction of sp³-hybridized carbons (Fsp3) is 0.222. The third-order valence-electron chi connectivity index (χ3n) is 3.35. The molecule has 0 radical (unpaired) electrons. The molecule has 0 heterocycles. The van der Waals surface area contributed by atoms with Gasteiger partial charge in [0.15, 0.2) is 0 Å². The molecule has 2 aromatic carbocycles. The summed E-state index contributed by atoms with van der Waals surface area (Å²) in [6, 6.07) is 16.1. The molecular weight excluding hydrogens is 280 g/mol. The van der Waals surface area contributed by atoms with E-state index in [0.717, 1.165) is 5.56 Å². The first-order chi connectivity index (χ1) is 10.6.